The van der Waals surface area contributed by atoms with Crippen LogP contribution in [0.4, 0.5) is 0 Å². The van der Waals surface area contributed by atoms with Gasteiger partial charge in [-0.25, -0.2) is 0 Å². The molecular weight excluding hydrogens is 202 g/mol. The van der Waals surface area contributed by atoms with Crippen LogP contribution in [0.15, 0.2) is 0 Å². The topological polar surface area (TPSA) is 40.5 Å². The average molecular weight is 225 g/mol. The van der Waals surface area contributed by atoms with Gasteiger partial charge in [-0.3, -0.25) is 9.69 Å². The van der Waals surface area contributed by atoms with Crippen LogP contribution in [0.5, 0.6) is 0 Å². The zero-order chi connectivity index (χ0) is 11.5. The molecule has 2 fully saturated rings. The van der Waals surface area contributed by atoms with Gasteiger partial charge in [0, 0.05) is 6.04 Å². The Kier molecular flexibility index (Phi) is 3.85. The lowest BCUT2D eigenvalue weighted by Crippen LogP contribution is -2.51. The van der Waals surface area contributed by atoms with E-state index < -0.39 is 5.97 Å². The maximum absolute atomic E-state index is 11.3. The first-order valence-electron chi connectivity index (χ1n) is 6.72. The summed E-state index contributed by atoms with van der Waals surface area (Å²) in [6, 6.07) is 0.345. The maximum atomic E-state index is 11.3. The van der Waals surface area contributed by atoms with Crippen molar-refractivity contribution in [1.82, 2.24) is 4.90 Å². The third-order valence-corrected chi connectivity index (χ3v) is 4.40. The number of likely N-dealkylation sites (tertiary alicyclic amines) is 1. The lowest BCUT2D eigenvalue weighted by Gasteiger charge is -2.40. The Bertz CT molecular complexity index is 254. The van der Waals surface area contributed by atoms with E-state index in [4.69, 9.17) is 0 Å². The lowest BCUT2D eigenvalue weighted by molar-refractivity contribution is -0.146. The zero-order valence-corrected chi connectivity index (χ0v) is 10.2. The fourth-order valence-electron chi connectivity index (χ4n) is 3.55. The van der Waals surface area contributed by atoms with E-state index in [1.54, 1.807) is 0 Å². The van der Waals surface area contributed by atoms with E-state index in [9.17, 15) is 9.90 Å². The van der Waals surface area contributed by atoms with Gasteiger partial charge in [-0.2, -0.15) is 0 Å². The number of piperidine rings is 1. The molecule has 3 nitrogen and oxygen atoms in total. The largest absolute Gasteiger partial charge is 0.480 e. The second-order valence-corrected chi connectivity index (χ2v) is 5.25. The summed E-state index contributed by atoms with van der Waals surface area (Å²) in [5, 5.41) is 9.29. The molecule has 1 saturated carbocycles. The standard InChI is InChI=1S/C13H23NO2/c1-2-10-6-5-8-11(10)14-9-4-3-7-12(14)13(15)16/h10-12H,2-9H2,1H3,(H,15,16). The Balaban J connectivity index is 2.07. The summed E-state index contributed by atoms with van der Waals surface area (Å²) in [6.45, 7) is 3.24. The second kappa shape index (κ2) is 5.17. The Morgan fingerprint density at radius 3 is 2.75 bits per heavy atom. The third kappa shape index (κ3) is 2.24. The van der Waals surface area contributed by atoms with E-state index in [0.717, 1.165) is 25.3 Å². The monoisotopic (exact) mass is 225 g/mol. The molecule has 1 aliphatic carbocycles. The van der Waals surface area contributed by atoms with Crippen molar-refractivity contribution in [1.29, 1.82) is 0 Å². The van der Waals surface area contributed by atoms with Crippen LogP contribution >= 0.6 is 0 Å². The molecule has 1 aliphatic heterocycles. The molecule has 0 aromatic rings. The van der Waals surface area contributed by atoms with Gasteiger partial charge >= 0.3 is 5.97 Å². The van der Waals surface area contributed by atoms with E-state index in [0.29, 0.717) is 6.04 Å². The van der Waals surface area contributed by atoms with E-state index in [2.05, 4.69) is 11.8 Å². The smallest absolute Gasteiger partial charge is 0.320 e. The minimum Gasteiger partial charge on any atom is -0.480 e. The SMILES string of the molecule is CCC1CCCC1N1CCCCC1C(=O)O. The fourth-order valence-corrected chi connectivity index (χ4v) is 3.55. The molecule has 0 amide bonds. The molecule has 0 radical (unpaired) electrons. The van der Waals surface area contributed by atoms with Crippen molar-refractivity contribution < 1.29 is 9.90 Å². The van der Waals surface area contributed by atoms with Crippen LogP contribution < -0.4 is 0 Å². The number of nitrogens with zero attached hydrogens (tertiary/aromatic N) is 1. The molecule has 1 saturated heterocycles. The molecule has 0 bridgehead atoms. The minimum absolute atomic E-state index is 0.203. The van der Waals surface area contributed by atoms with Gasteiger partial charge in [-0.15, -0.1) is 0 Å². The first-order valence-corrected chi connectivity index (χ1v) is 6.72. The van der Waals surface area contributed by atoms with Crippen molar-refractivity contribution in [2.75, 3.05) is 6.54 Å². The predicted molar refractivity (Wildman–Crippen MR) is 63.4 cm³/mol. The molecule has 16 heavy (non-hydrogen) atoms. The Morgan fingerprint density at radius 2 is 2.06 bits per heavy atom. The summed E-state index contributed by atoms with van der Waals surface area (Å²) < 4.78 is 0. The average Bonchev–Trinajstić information content (AvgIpc) is 2.76. The van der Waals surface area contributed by atoms with E-state index >= 15 is 0 Å². The quantitative estimate of drug-likeness (QED) is 0.802. The summed E-state index contributed by atoms with van der Waals surface area (Å²) in [7, 11) is 0. The molecule has 1 heterocycles. The third-order valence-electron chi connectivity index (χ3n) is 4.40. The highest BCUT2D eigenvalue weighted by Gasteiger charge is 2.38. The molecule has 2 aliphatic rings. The molecular formula is C13H23NO2. The van der Waals surface area contributed by atoms with Crippen molar-refractivity contribution in [3.63, 3.8) is 0 Å². The molecule has 3 heteroatoms. The van der Waals surface area contributed by atoms with Crippen LogP contribution in [0.2, 0.25) is 0 Å². The minimum atomic E-state index is -0.610. The van der Waals surface area contributed by atoms with Crippen molar-refractivity contribution in [2.24, 2.45) is 5.92 Å². The van der Waals surface area contributed by atoms with Crippen molar-refractivity contribution >= 4 is 5.97 Å². The van der Waals surface area contributed by atoms with Gasteiger partial charge < -0.3 is 5.11 Å². The number of aliphatic carboxylic acids is 1. The van der Waals surface area contributed by atoms with Crippen LogP contribution in [-0.4, -0.2) is 34.6 Å². The first kappa shape index (κ1) is 11.9. The number of hydrogen-bond donors (Lipinski definition) is 1. The predicted octanol–water partition coefficient (Wildman–Crippen LogP) is 2.50. The Morgan fingerprint density at radius 1 is 1.25 bits per heavy atom. The van der Waals surface area contributed by atoms with Crippen molar-refractivity contribution in [3.8, 4) is 0 Å². The molecule has 2 rings (SSSR count). The highest BCUT2D eigenvalue weighted by molar-refractivity contribution is 5.73. The molecule has 0 spiro atoms. The lowest BCUT2D eigenvalue weighted by atomic mass is 9.93. The van der Waals surface area contributed by atoms with Gasteiger partial charge in [-0.1, -0.05) is 26.2 Å². The normalized spacial score (nSPS) is 36.4. The molecule has 1 N–H and O–H groups in total. The van der Waals surface area contributed by atoms with E-state index in [-0.39, 0.29) is 6.04 Å². The van der Waals surface area contributed by atoms with Crippen LogP contribution in [-0.2, 0) is 4.79 Å². The summed E-state index contributed by atoms with van der Waals surface area (Å²) in [4.78, 5) is 13.6. The van der Waals surface area contributed by atoms with Crippen LogP contribution in [0.1, 0.15) is 51.9 Å². The molecule has 0 aromatic heterocycles. The molecule has 0 aromatic carbocycles. The summed E-state index contributed by atoms with van der Waals surface area (Å²) in [5.74, 6) is 0.126. The maximum Gasteiger partial charge on any atom is 0.320 e. The second-order valence-electron chi connectivity index (χ2n) is 5.25. The zero-order valence-electron chi connectivity index (χ0n) is 10.2. The number of hydrogen-bond acceptors (Lipinski definition) is 2. The summed E-state index contributed by atoms with van der Waals surface area (Å²) in [5.41, 5.74) is 0. The molecule has 3 atom stereocenters. The number of carbonyl (C=O) groups is 1. The fraction of sp³-hybridized carbons (Fsp3) is 0.923. The van der Waals surface area contributed by atoms with Crippen LogP contribution in [0.25, 0.3) is 0 Å². The van der Waals surface area contributed by atoms with E-state index in [1.165, 1.54) is 32.1 Å². The van der Waals surface area contributed by atoms with Gasteiger partial charge in [0.1, 0.15) is 6.04 Å². The highest BCUT2D eigenvalue weighted by atomic mass is 16.4. The van der Waals surface area contributed by atoms with E-state index in [1.807, 2.05) is 0 Å². The molecule has 92 valence electrons. The Labute approximate surface area is 97.8 Å². The highest BCUT2D eigenvalue weighted by Crippen LogP contribution is 2.35. The number of carboxylic acids is 1. The first-order chi connectivity index (χ1) is 7.74. The van der Waals surface area contributed by atoms with Gasteiger partial charge in [0.25, 0.3) is 0 Å². The summed E-state index contributed by atoms with van der Waals surface area (Å²) >= 11 is 0. The number of rotatable bonds is 3. The number of carboxylic acid groups (broad SMARTS) is 1. The summed E-state index contributed by atoms with van der Waals surface area (Å²) in [6.07, 6.45) is 8.10. The van der Waals surface area contributed by atoms with Gasteiger partial charge in [0.05, 0.1) is 0 Å². The van der Waals surface area contributed by atoms with Gasteiger partial charge in [0.2, 0.25) is 0 Å². The van der Waals surface area contributed by atoms with Gasteiger partial charge in [-0.05, 0) is 38.1 Å². The molecule has 3 unspecified atom stereocenters. The van der Waals surface area contributed by atoms with Crippen molar-refractivity contribution in [3.05, 3.63) is 0 Å². The Hall–Kier alpha value is -0.570. The van der Waals surface area contributed by atoms with Crippen LogP contribution in [0.3, 0.4) is 0 Å². The van der Waals surface area contributed by atoms with Crippen molar-refractivity contribution in [2.45, 2.75) is 64.0 Å². The van der Waals surface area contributed by atoms with Gasteiger partial charge in [0.15, 0.2) is 0 Å². The van der Waals surface area contributed by atoms with Crippen LogP contribution in [0, 0.1) is 5.92 Å².